The number of piperidine rings is 1. The molecule has 0 aliphatic carbocycles. The fraction of sp³-hybridized carbons (Fsp3) is 0.800. The molecule has 1 N–H and O–H groups in total. The Morgan fingerprint density at radius 1 is 1.25 bits per heavy atom. The summed E-state index contributed by atoms with van der Waals surface area (Å²) in [7, 11) is 3.73. The summed E-state index contributed by atoms with van der Waals surface area (Å²) in [6.45, 7) is 11.5. The number of ether oxygens (including phenoxy) is 2. The molecular weight excluding hydrogens is 469 g/mol. The zero-order valence-electron chi connectivity index (χ0n) is 18.2. The lowest BCUT2D eigenvalue weighted by Crippen LogP contribution is -2.47. The highest BCUT2D eigenvalue weighted by Gasteiger charge is 2.21. The molecule has 7 nitrogen and oxygen atoms in total. The summed E-state index contributed by atoms with van der Waals surface area (Å²) in [6, 6.07) is 0. The van der Waals surface area contributed by atoms with E-state index in [2.05, 4.69) is 36.1 Å². The summed E-state index contributed by atoms with van der Waals surface area (Å²) >= 11 is 0. The molecule has 0 atom stereocenters. The van der Waals surface area contributed by atoms with E-state index in [0.717, 1.165) is 76.7 Å². The minimum Gasteiger partial charge on any atom is -0.385 e. The number of aromatic nitrogens is 2. The third-order valence-corrected chi connectivity index (χ3v) is 5.21. The molecule has 1 aromatic heterocycles. The number of rotatable bonds is 9. The van der Waals surface area contributed by atoms with Gasteiger partial charge in [0.15, 0.2) is 5.96 Å². The SMILES string of the molecule is CCNC(=NCCc1c(C)nn(C)c1C)N1CCC(OCCCOC)CC1.I. The zero-order valence-corrected chi connectivity index (χ0v) is 20.5. The summed E-state index contributed by atoms with van der Waals surface area (Å²) in [5.41, 5.74) is 3.67. The number of methoxy groups -OCH3 is 1. The van der Waals surface area contributed by atoms with Crippen LogP contribution in [0.3, 0.4) is 0 Å². The van der Waals surface area contributed by atoms with Gasteiger partial charge in [-0.25, -0.2) is 0 Å². The van der Waals surface area contributed by atoms with Gasteiger partial charge >= 0.3 is 0 Å². The lowest BCUT2D eigenvalue weighted by atomic mass is 10.1. The predicted octanol–water partition coefficient (Wildman–Crippen LogP) is 2.68. The summed E-state index contributed by atoms with van der Waals surface area (Å²) in [5, 5.41) is 7.94. The van der Waals surface area contributed by atoms with Gasteiger partial charge in [0, 0.05) is 59.2 Å². The third kappa shape index (κ3) is 7.51. The number of guanidine groups is 1. The first-order valence-electron chi connectivity index (χ1n) is 10.2. The number of likely N-dealkylation sites (tertiary alicyclic amines) is 1. The maximum atomic E-state index is 5.96. The molecule has 1 fully saturated rings. The van der Waals surface area contributed by atoms with Gasteiger partial charge in [0.25, 0.3) is 0 Å². The maximum Gasteiger partial charge on any atom is 0.193 e. The number of hydrogen-bond donors (Lipinski definition) is 1. The van der Waals surface area contributed by atoms with Crippen molar-refractivity contribution < 1.29 is 9.47 Å². The second kappa shape index (κ2) is 13.4. The molecule has 2 rings (SSSR count). The number of nitrogens with one attached hydrogen (secondary N) is 1. The molecule has 8 heteroatoms. The molecule has 0 bridgehead atoms. The number of hydrogen-bond acceptors (Lipinski definition) is 4. The monoisotopic (exact) mass is 507 g/mol. The van der Waals surface area contributed by atoms with Crippen molar-refractivity contribution in [2.24, 2.45) is 12.0 Å². The van der Waals surface area contributed by atoms with Crippen LogP contribution in [0.25, 0.3) is 0 Å². The van der Waals surface area contributed by atoms with Crippen LogP contribution in [-0.4, -0.2) is 73.2 Å². The summed E-state index contributed by atoms with van der Waals surface area (Å²) in [5.74, 6) is 1.02. The molecule has 28 heavy (non-hydrogen) atoms. The van der Waals surface area contributed by atoms with E-state index in [-0.39, 0.29) is 24.0 Å². The molecule has 2 heterocycles. The van der Waals surface area contributed by atoms with Crippen LogP contribution in [0.1, 0.15) is 43.1 Å². The normalized spacial score (nSPS) is 15.6. The predicted molar refractivity (Wildman–Crippen MR) is 125 cm³/mol. The van der Waals surface area contributed by atoms with E-state index < -0.39 is 0 Å². The Bertz CT molecular complexity index is 598. The standard InChI is InChI=1S/C20H37N5O2.HI/c1-6-21-20(22-11-8-19-16(2)23-24(4)17(19)3)25-12-9-18(10-13-25)27-15-7-14-26-5;/h18H,6-15H2,1-5H3,(H,21,22);1H. The molecule has 1 aliphatic heterocycles. The van der Waals surface area contributed by atoms with Crippen molar-refractivity contribution in [3.05, 3.63) is 17.0 Å². The third-order valence-electron chi connectivity index (χ3n) is 5.21. The highest BCUT2D eigenvalue weighted by Crippen LogP contribution is 2.15. The fourth-order valence-corrected chi connectivity index (χ4v) is 3.57. The average Bonchev–Trinajstić information content (AvgIpc) is 2.91. The average molecular weight is 507 g/mol. The van der Waals surface area contributed by atoms with Crippen LogP contribution in [0.4, 0.5) is 0 Å². The largest absolute Gasteiger partial charge is 0.385 e. The van der Waals surface area contributed by atoms with E-state index in [4.69, 9.17) is 14.5 Å². The summed E-state index contributed by atoms with van der Waals surface area (Å²) in [4.78, 5) is 7.24. The Morgan fingerprint density at radius 3 is 2.54 bits per heavy atom. The molecule has 0 unspecified atom stereocenters. The second-order valence-corrected chi connectivity index (χ2v) is 7.16. The van der Waals surface area contributed by atoms with Crippen LogP contribution in [0.5, 0.6) is 0 Å². The molecule has 0 radical (unpaired) electrons. The second-order valence-electron chi connectivity index (χ2n) is 7.16. The first-order chi connectivity index (χ1) is 13.1. The van der Waals surface area contributed by atoms with E-state index in [1.54, 1.807) is 7.11 Å². The highest BCUT2D eigenvalue weighted by molar-refractivity contribution is 14.0. The van der Waals surface area contributed by atoms with Gasteiger partial charge < -0.3 is 19.7 Å². The molecular formula is C20H38IN5O2. The van der Waals surface area contributed by atoms with Crippen LogP contribution in [0, 0.1) is 13.8 Å². The molecule has 0 spiro atoms. The molecule has 162 valence electrons. The van der Waals surface area contributed by atoms with Crippen LogP contribution in [-0.2, 0) is 22.9 Å². The van der Waals surface area contributed by atoms with Crippen molar-refractivity contribution in [3.63, 3.8) is 0 Å². The van der Waals surface area contributed by atoms with Gasteiger partial charge in [-0.05, 0) is 52.0 Å². The van der Waals surface area contributed by atoms with Crippen LogP contribution in [0.15, 0.2) is 4.99 Å². The first kappa shape index (κ1) is 25.2. The first-order valence-corrected chi connectivity index (χ1v) is 10.2. The molecule has 1 aromatic rings. The molecule has 0 saturated carbocycles. The summed E-state index contributed by atoms with van der Waals surface area (Å²) < 4.78 is 13.0. The van der Waals surface area contributed by atoms with Crippen LogP contribution in [0.2, 0.25) is 0 Å². The van der Waals surface area contributed by atoms with E-state index >= 15 is 0 Å². The smallest absolute Gasteiger partial charge is 0.193 e. The maximum absolute atomic E-state index is 5.96. The topological polar surface area (TPSA) is 63.9 Å². The summed E-state index contributed by atoms with van der Waals surface area (Å²) in [6.07, 6.45) is 4.37. The molecule has 0 amide bonds. The van der Waals surface area contributed by atoms with Crippen molar-refractivity contribution in [2.45, 2.75) is 52.6 Å². The minimum atomic E-state index is 0. The van der Waals surface area contributed by atoms with Gasteiger partial charge in [-0.2, -0.15) is 5.10 Å². The van der Waals surface area contributed by atoms with Crippen molar-refractivity contribution >= 4 is 29.9 Å². The zero-order chi connectivity index (χ0) is 19.6. The van der Waals surface area contributed by atoms with Gasteiger partial charge in [0.05, 0.1) is 11.8 Å². The van der Waals surface area contributed by atoms with E-state index in [0.29, 0.717) is 6.10 Å². The van der Waals surface area contributed by atoms with Crippen LogP contribution >= 0.6 is 24.0 Å². The Labute approximate surface area is 187 Å². The van der Waals surface area contributed by atoms with Gasteiger partial charge in [0.2, 0.25) is 0 Å². The fourth-order valence-electron chi connectivity index (χ4n) is 3.57. The number of nitrogens with zero attached hydrogens (tertiary/aromatic N) is 4. The van der Waals surface area contributed by atoms with E-state index in [9.17, 15) is 0 Å². The molecule has 0 aromatic carbocycles. The Morgan fingerprint density at radius 2 is 1.96 bits per heavy atom. The number of aryl methyl sites for hydroxylation is 2. The van der Waals surface area contributed by atoms with E-state index in [1.807, 2.05) is 11.7 Å². The van der Waals surface area contributed by atoms with Gasteiger partial charge in [-0.15, -0.1) is 24.0 Å². The molecule has 1 saturated heterocycles. The Kier molecular flexibility index (Phi) is 12.0. The Hall–Kier alpha value is -0.870. The number of aliphatic imine (C=N–C) groups is 1. The number of halogens is 1. The molecule has 1 aliphatic rings. The minimum absolute atomic E-state index is 0. The van der Waals surface area contributed by atoms with Crippen molar-refractivity contribution in [3.8, 4) is 0 Å². The van der Waals surface area contributed by atoms with Gasteiger partial charge in [-0.3, -0.25) is 9.67 Å². The van der Waals surface area contributed by atoms with Crippen molar-refractivity contribution in [1.82, 2.24) is 20.0 Å². The van der Waals surface area contributed by atoms with Crippen molar-refractivity contribution in [1.29, 1.82) is 0 Å². The lowest BCUT2D eigenvalue weighted by Gasteiger charge is -2.34. The van der Waals surface area contributed by atoms with Crippen LogP contribution < -0.4 is 5.32 Å². The van der Waals surface area contributed by atoms with Gasteiger partial charge in [0.1, 0.15) is 0 Å². The Balaban J connectivity index is 0.00000392. The van der Waals surface area contributed by atoms with E-state index in [1.165, 1.54) is 11.3 Å². The van der Waals surface area contributed by atoms with Gasteiger partial charge in [-0.1, -0.05) is 0 Å². The lowest BCUT2D eigenvalue weighted by molar-refractivity contribution is 0.00991. The quantitative estimate of drug-likeness (QED) is 0.241. The van der Waals surface area contributed by atoms with Crippen molar-refractivity contribution in [2.75, 3.05) is 46.5 Å². The highest BCUT2D eigenvalue weighted by atomic mass is 127.